The van der Waals surface area contributed by atoms with Gasteiger partial charge in [0.2, 0.25) is 0 Å². The van der Waals surface area contributed by atoms with Crippen molar-refractivity contribution in [1.29, 1.82) is 0 Å². The molecule has 0 bridgehead atoms. The molecule has 0 fully saturated rings. The van der Waals surface area contributed by atoms with Crippen LogP contribution < -0.4 is 9.47 Å². The number of amides is 2. The Labute approximate surface area is 213 Å². The van der Waals surface area contributed by atoms with Gasteiger partial charge in [-0.3, -0.25) is 9.59 Å². The molecule has 35 heavy (non-hydrogen) atoms. The van der Waals surface area contributed by atoms with Gasteiger partial charge < -0.3 is 9.47 Å². The lowest BCUT2D eigenvalue weighted by molar-refractivity contribution is -0.123. The molecule has 0 saturated carbocycles. The number of aryl methyl sites for hydroxylation is 2. The molecule has 0 radical (unpaired) electrons. The van der Waals surface area contributed by atoms with E-state index in [1.807, 2.05) is 12.1 Å². The van der Waals surface area contributed by atoms with E-state index in [9.17, 15) is 9.59 Å². The van der Waals surface area contributed by atoms with Crippen LogP contribution in [0.15, 0.2) is 75.8 Å². The molecule has 7 heteroatoms. The number of methoxy groups -OCH3 is 1. The third kappa shape index (κ3) is 5.35. The summed E-state index contributed by atoms with van der Waals surface area (Å²) < 4.78 is 12.3. The van der Waals surface area contributed by atoms with Crippen LogP contribution in [0.2, 0.25) is 0 Å². The zero-order valence-corrected chi connectivity index (χ0v) is 21.5. The van der Waals surface area contributed by atoms with Crippen molar-refractivity contribution in [3.63, 3.8) is 0 Å². The van der Waals surface area contributed by atoms with Crippen LogP contribution in [-0.4, -0.2) is 29.6 Å². The predicted octanol–water partition coefficient (Wildman–Crippen LogP) is 6.10. The highest BCUT2D eigenvalue weighted by Gasteiger charge is 2.33. The minimum absolute atomic E-state index is 0.340. The summed E-state index contributed by atoms with van der Waals surface area (Å²) in [5.41, 5.74) is 5.32. The molecule has 0 unspecified atom stereocenters. The highest BCUT2D eigenvalue weighted by atomic mass is 79.9. The first-order chi connectivity index (χ1) is 16.8. The lowest BCUT2D eigenvalue weighted by atomic mass is 10.1. The molecule has 1 aliphatic heterocycles. The Bertz CT molecular complexity index is 1340. The summed E-state index contributed by atoms with van der Waals surface area (Å²) >= 11 is 3.57. The molecule has 3 aromatic rings. The molecule has 0 aliphatic carbocycles. The number of hydrogen-bond donors (Lipinski definition) is 0. The van der Waals surface area contributed by atoms with Gasteiger partial charge in [-0.2, -0.15) is 10.1 Å². The molecule has 4 rings (SSSR count). The van der Waals surface area contributed by atoms with Crippen molar-refractivity contribution in [1.82, 2.24) is 5.01 Å². The number of imide groups is 1. The van der Waals surface area contributed by atoms with Crippen molar-refractivity contribution in [2.75, 3.05) is 7.11 Å². The van der Waals surface area contributed by atoms with Crippen molar-refractivity contribution in [2.45, 2.75) is 27.4 Å². The number of ether oxygens (including phenoxy) is 2. The molecule has 0 atom stereocenters. The Morgan fingerprint density at radius 2 is 1.71 bits per heavy atom. The van der Waals surface area contributed by atoms with E-state index in [1.165, 1.54) is 11.1 Å². The zero-order chi connectivity index (χ0) is 25.1. The zero-order valence-electron chi connectivity index (χ0n) is 20.0. The smallest absolute Gasteiger partial charge is 0.283 e. The van der Waals surface area contributed by atoms with Gasteiger partial charge in [-0.05, 0) is 78.2 Å². The Morgan fingerprint density at radius 3 is 2.37 bits per heavy atom. The van der Waals surface area contributed by atoms with E-state index in [-0.39, 0.29) is 0 Å². The summed E-state index contributed by atoms with van der Waals surface area (Å²) in [4.78, 5) is 25.8. The van der Waals surface area contributed by atoms with Crippen molar-refractivity contribution in [2.24, 2.45) is 5.10 Å². The largest absolute Gasteiger partial charge is 0.493 e. The SMILES string of the molecule is COc1cc(/C=C2/C(=O)N(C(=O)c3ccccc3)N=C2C)cc(Br)c1OCc1cc(C)cc(C)c1. The molecule has 0 aromatic heterocycles. The molecule has 0 saturated heterocycles. The van der Waals surface area contributed by atoms with E-state index < -0.39 is 11.8 Å². The maximum Gasteiger partial charge on any atom is 0.283 e. The Hall–Kier alpha value is -3.71. The summed E-state index contributed by atoms with van der Waals surface area (Å²) in [5.74, 6) is 0.152. The second-order valence-electron chi connectivity index (χ2n) is 8.35. The molecule has 1 heterocycles. The molecule has 1 aliphatic rings. The lowest BCUT2D eigenvalue weighted by Gasteiger charge is -2.14. The fraction of sp³-hybridized carbons (Fsp3) is 0.179. The second-order valence-corrected chi connectivity index (χ2v) is 9.20. The summed E-state index contributed by atoms with van der Waals surface area (Å²) in [7, 11) is 1.57. The van der Waals surface area contributed by atoms with Gasteiger partial charge in [0.05, 0.1) is 22.9 Å². The van der Waals surface area contributed by atoms with E-state index in [2.05, 4.69) is 53.1 Å². The van der Waals surface area contributed by atoms with E-state index >= 15 is 0 Å². The van der Waals surface area contributed by atoms with E-state index in [1.54, 1.807) is 50.4 Å². The van der Waals surface area contributed by atoms with Gasteiger partial charge in [-0.15, -0.1) is 0 Å². The number of rotatable bonds is 6. The molecule has 0 N–H and O–H groups in total. The normalized spacial score (nSPS) is 14.3. The molecule has 178 valence electrons. The van der Waals surface area contributed by atoms with Gasteiger partial charge >= 0.3 is 0 Å². The first-order valence-corrected chi connectivity index (χ1v) is 11.8. The van der Waals surface area contributed by atoms with Crippen LogP contribution in [0.3, 0.4) is 0 Å². The van der Waals surface area contributed by atoms with Gasteiger partial charge in [-0.25, -0.2) is 0 Å². The van der Waals surface area contributed by atoms with E-state index in [4.69, 9.17) is 9.47 Å². The van der Waals surface area contributed by atoms with Crippen molar-refractivity contribution >= 4 is 39.5 Å². The number of halogens is 1. The highest BCUT2D eigenvalue weighted by Crippen LogP contribution is 2.38. The van der Waals surface area contributed by atoms with Crippen LogP contribution >= 0.6 is 15.9 Å². The van der Waals surface area contributed by atoms with Crippen LogP contribution in [0.1, 0.15) is 39.5 Å². The van der Waals surface area contributed by atoms with Crippen LogP contribution in [-0.2, 0) is 11.4 Å². The predicted molar refractivity (Wildman–Crippen MR) is 140 cm³/mol. The number of nitrogens with zero attached hydrogens (tertiary/aromatic N) is 2. The topological polar surface area (TPSA) is 68.2 Å². The van der Waals surface area contributed by atoms with Gasteiger partial charge in [0.1, 0.15) is 6.61 Å². The number of hydrazone groups is 1. The monoisotopic (exact) mass is 532 g/mol. The van der Waals surface area contributed by atoms with Crippen LogP contribution in [0.4, 0.5) is 0 Å². The fourth-order valence-electron chi connectivity index (χ4n) is 3.96. The number of benzene rings is 3. The quantitative estimate of drug-likeness (QED) is 0.284. The molecule has 6 nitrogen and oxygen atoms in total. The summed E-state index contributed by atoms with van der Waals surface area (Å²) in [6, 6.07) is 18.5. The Morgan fingerprint density at radius 1 is 1.03 bits per heavy atom. The summed E-state index contributed by atoms with van der Waals surface area (Å²) in [6.45, 7) is 6.20. The van der Waals surface area contributed by atoms with Gasteiger partial charge in [-0.1, -0.05) is 47.5 Å². The first kappa shape index (κ1) is 24.4. The lowest BCUT2D eigenvalue weighted by Crippen LogP contribution is -2.29. The third-order valence-electron chi connectivity index (χ3n) is 5.50. The average Bonchev–Trinajstić information content (AvgIpc) is 3.10. The molecular formula is C28H25BrN2O4. The fourth-order valence-corrected chi connectivity index (χ4v) is 4.54. The maximum atomic E-state index is 13.0. The molecular weight excluding hydrogens is 508 g/mol. The van der Waals surface area contributed by atoms with Gasteiger partial charge in [0, 0.05) is 5.56 Å². The number of hydrogen-bond acceptors (Lipinski definition) is 5. The first-order valence-electron chi connectivity index (χ1n) is 11.1. The molecule has 2 amide bonds. The number of carbonyl (C=O) groups excluding carboxylic acids is 2. The Balaban J connectivity index is 1.58. The van der Waals surface area contributed by atoms with Crippen LogP contribution in [0.5, 0.6) is 11.5 Å². The average molecular weight is 533 g/mol. The standard InChI is InChI=1S/C28H25BrN2O4/c1-17-10-18(2)12-21(11-17)16-35-26-24(29)14-20(15-25(26)34-4)13-23-19(3)30-31(28(23)33)27(32)22-8-6-5-7-9-22/h5-15H,16H2,1-4H3/b23-13+. The summed E-state index contributed by atoms with van der Waals surface area (Å²) in [5, 5.41) is 5.10. The molecule has 0 spiro atoms. The second kappa shape index (κ2) is 10.3. The van der Waals surface area contributed by atoms with E-state index in [0.29, 0.717) is 45.0 Å². The molecule has 3 aromatic carbocycles. The highest BCUT2D eigenvalue weighted by molar-refractivity contribution is 9.10. The summed E-state index contributed by atoms with van der Waals surface area (Å²) in [6.07, 6.45) is 1.69. The van der Waals surface area contributed by atoms with Crippen LogP contribution in [0.25, 0.3) is 6.08 Å². The van der Waals surface area contributed by atoms with Crippen LogP contribution in [0, 0.1) is 13.8 Å². The maximum absolute atomic E-state index is 13.0. The van der Waals surface area contributed by atoms with Gasteiger partial charge in [0.25, 0.3) is 11.8 Å². The van der Waals surface area contributed by atoms with Crippen molar-refractivity contribution in [3.8, 4) is 11.5 Å². The third-order valence-corrected chi connectivity index (χ3v) is 6.09. The number of carbonyl (C=O) groups is 2. The van der Waals surface area contributed by atoms with Crippen molar-refractivity contribution < 1.29 is 19.1 Å². The minimum atomic E-state index is -0.471. The Kier molecular flexibility index (Phi) is 7.17. The van der Waals surface area contributed by atoms with Crippen molar-refractivity contribution in [3.05, 3.63) is 98.5 Å². The minimum Gasteiger partial charge on any atom is -0.493 e. The van der Waals surface area contributed by atoms with Gasteiger partial charge in [0.15, 0.2) is 11.5 Å². The van der Waals surface area contributed by atoms with E-state index in [0.717, 1.165) is 10.6 Å².